The number of nitrogens with two attached hydrogens (primary N) is 1. The van der Waals surface area contributed by atoms with Crippen LogP contribution in [0, 0.1) is 10.1 Å². The van der Waals surface area contributed by atoms with E-state index in [1.54, 1.807) is 6.07 Å². The molecular formula is C14H20N4O3. The van der Waals surface area contributed by atoms with Crippen molar-refractivity contribution in [1.29, 1.82) is 0 Å². The fraction of sp³-hybridized carbons (Fsp3) is 0.571. The second-order valence-electron chi connectivity index (χ2n) is 5.59. The largest absolute Gasteiger partial charge is 0.375 e. The van der Waals surface area contributed by atoms with Crippen LogP contribution in [0.15, 0.2) is 18.2 Å². The van der Waals surface area contributed by atoms with E-state index in [1.165, 1.54) is 12.5 Å². The second-order valence-corrected chi connectivity index (χ2v) is 5.59. The Hall–Kier alpha value is -1.70. The first-order chi connectivity index (χ1) is 10.2. The SMILES string of the molecule is NNc1c(CN2CCOC3CCCC32)cccc1[N+](=O)[O-]. The van der Waals surface area contributed by atoms with E-state index in [1.807, 2.05) is 6.07 Å². The molecule has 2 aliphatic rings. The zero-order chi connectivity index (χ0) is 14.8. The molecule has 21 heavy (non-hydrogen) atoms. The van der Waals surface area contributed by atoms with Gasteiger partial charge >= 0.3 is 0 Å². The third-order valence-corrected chi connectivity index (χ3v) is 4.44. The number of nitrogens with one attached hydrogen (secondary N) is 1. The third-order valence-electron chi connectivity index (χ3n) is 4.44. The van der Waals surface area contributed by atoms with Gasteiger partial charge in [-0.15, -0.1) is 0 Å². The number of hydrazine groups is 1. The quantitative estimate of drug-likeness (QED) is 0.498. The van der Waals surface area contributed by atoms with E-state index >= 15 is 0 Å². The number of para-hydroxylation sites is 1. The summed E-state index contributed by atoms with van der Waals surface area (Å²) < 4.78 is 5.80. The Morgan fingerprint density at radius 1 is 1.48 bits per heavy atom. The molecule has 7 heteroatoms. The molecule has 2 atom stereocenters. The lowest BCUT2D eigenvalue weighted by Crippen LogP contribution is -2.47. The van der Waals surface area contributed by atoms with Crippen LogP contribution in [0.25, 0.3) is 0 Å². The average molecular weight is 292 g/mol. The number of nitrogens with zero attached hydrogens (tertiary/aromatic N) is 2. The van der Waals surface area contributed by atoms with E-state index in [9.17, 15) is 10.1 Å². The number of hydrogen-bond donors (Lipinski definition) is 2. The van der Waals surface area contributed by atoms with Crippen molar-refractivity contribution >= 4 is 11.4 Å². The minimum Gasteiger partial charge on any atom is -0.375 e. The number of nitrogen functional groups attached to an aromatic ring is 1. The monoisotopic (exact) mass is 292 g/mol. The van der Waals surface area contributed by atoms with Gasteiger partial charge in [-0.05, 0) is 24.8 Å². The van der Waals surface area contributed by atoms with Crippen LogP contribution in [0.4, 0.5) is 11.4 Å². The number of nitro benzene ring substituents is 1. The zero-order valence-electron chi connectivity index (χ0n) is 11.8. The summed E-state index contributed by atoms with van der Waals surface area (Å²) in [5.74, 6) is 5.50. The Kier molecular flexibility index (Phi) is 4.05. The molecule has 1 aromatic rings. The molecule has 2 unspecified atom stereocenters. The van der Waals surface area contributed by atoms with E-state index in [-0.39, 0.29) is 5.69 Å². The maximum absolute atomic E-state index is 11.1. The van der Waals surface area contributed by atoms with Crippen LogP contribution in [-0.4, -0.2) is 35.1 Å². The molecule has 3 N–H and O–H groups in total. The molecule has 0 spiro atoms. The van der Waals surface area contributed by atoms with E-state index in [4.69, 9.17) is 10.6 Å². The van der Waals surface area contributed by atoms with Crippen LogP contribution in [0.5, 0.6) is 0 Å². The Morgan fingerprint density at radius 2 is 2.33 bits per heavy atom. The van der Waals surface area contributed by atoms with Crippen LogP contribution in [0.1, 0.15) is 24.8 Å². The van der Waals surface area contributed by atoms with Gasteiger partial charge in [-0.25, -0.2) is 0 Å². The van der Waals surface area contributed by atoms with Crippen molar-refractivity contribution in [2.24, 2.45) is 5.84 Å². The molecule has 1 aromatic carbocycles. The van der Waals surface area contributed by atoms with E-state index in [2.05, 4.69) is 10.3 Å². The van der Waals surface area contributed by atoms with E-state index < -0.39 is 4.92 Å². The molecule has 7 nitrogen and oxygen atoms in total. The smallest absolute Gasteiger partial charge is 0.293 e. The van der Waals surface area contributed by atoms with Gasteiger partial charge < -0.3 is 10.2 Å². The highest BCUT2D eigenvalue weighted by Gasteiger charge is 2.36. The number of morpholine rings is 1. The standard InChI is InChI=1S/C14H20N4O3/c15-16-14-10(3-1-5-12(14)18(19)20)9-17-7-8-21-13-6-2-4-11(13)17/h1,3,5,11,13,16H,2,4,6-9,15H2. The van der Waals surface area contributed by atoms with Gasteiger partial charge in [0.2, 0.25) is 0 Å². The highest BCUT2D eigenvalue weighted by Crippen LogP contribution is 2.33. The van der Waals surface area contributed by atoms with Gasteiger partial charge in [-0.3, -0.25) is 20.9 Å². The topological polar surface area (TPSA) is 93.7 Å². The molecule has 1 saturated carbocycles. The predicted octanol–water partition coefficient (Wildman–Crippen LogP) is 1.63. The third kappa shape index (κ3) is 2.72. The van der Waals surface area contributed by atoms with Crippen molar-refractivity contribution < 1.29 is 9.66 Å². The second kappa shape index (κ2) is 5.97. The molecule has 1 aliphatic heterocycles. The fourth-order valence-electron chi connectivity index (χ4n) is 3.46. The number of anilines is 1. The summed E-state index contributed by atoms with van der Waals surface area (Å²) in [6.45, 7) is 2.24. The zero-order valence-corrected chi connectivity index (χ0v) is 11.8. The van der Waals surface area contributed by atoms with Crippen molar-refractivity contribution in [3.8, 4) is 0 Å². The average Bonchev–Trinajstić information content (AvgIpc) is 2.96. The molecule has 114 valence electrons. The molecule has 0 radical (unpaired) electrons. The van der Waals surface area contributed by atoms with Crippen molar-refractivity contribution in [3.63, 3.8) is 0 Å². The van der Waals surface area contributed by atoms with Crippen molar-refractivity contribution in [2.75, 3.05) is 18.6 Å². The molecule has 0 amide bonds. The Bertz CT molecular complexity index is 537. The number of rotatable bonds is 4. The van der Waals surface area contributed by atoms with E-state index in [0.717, 1.165) is 31.6 Å². The predicted molar refractivity (Wildman–Crippen MR) is 78.7 cm³/mol. The molecule has 1 heterocycles. The minimum atomic E-state index is -0.406. The summed E-state index contributed by atoms with van der Waals surface area (Å²) in [6.07, 6.45) is 3.73. The summed E-state index contributed by atoms with van der Waals surface area (Å²) in [6, 6.07) is 5.49. The molecule has 3 rings (SSSR count). The van der Waals surface area contributed by atoms with Gasteiger partial charge in [0.1, 0.15) is 5.69 Å². The van der Waals surface area contributed by atoms with Crippen molar-refractivity contribution in [3.05, 3.63) is 33.9 Å². The number of hydrogen-bond acceptors (Lipinski definition) is 6. The first-order valence-electron chi connectivity index (χ1n) is 7.29. The van der Waals surface area contributed by atoms with Crippen molar-refractivity contribution in [2.45, 2.75) is 38.0 Å². The Morgan fingerprint density at radius 3 is 3.10 bits per heavy atom. The van der Waals surface area contributed by atoms with Crippen LogP contribution in [-0.2, 0) is 11.3 Å². The van der Waals surface area contributed by atoms with Gasteiger partial charge in [0.05, 0.1) is 17.6 Å². The van der Waals surface area contributed by atoms with Crippen LogP contribution in [0.2, 0.25) is 0 Å². The van der Waals surface area contributed by atoms with E-state index in [0.29, 0.717) is 24.4 Å². The number of ether oxygens (including phenoxy) is 1. The highest BCUT2D eigenvalue weighted by atomic mass is 16.6. The number of fused-ring (bicyclic) bond motifs is 1. The Labute approximate surface area is 123 Å². The normalized spacial score (nSPS) is 25.6. The molecule has 1 aliphatic carbocycles. The molecule has 0 bridgehead atoms. The van der Waals surface area contributed by atoms with Crippen LogP contribution >= 0.6 is 0 Å². The number of benzene rings is 1. The molecule has 1 saturated heterocycles. The van der Waals surface area contributed by atoms with Gasteiger partial charge in [-0.2, -0.15) is 0 Å². The highest BCUT2D eigenvalue weighted by molar-refractivity contribution is 5.65. The lowest BCUT2D eigenvalue weighted by molar-refractivity contribution is -0.384. The molecule has 0 aromatic heterocycles. The lowest BCUT2D eigenvalue weighted by Gasteiger charge is -2.37. The van der Waals surface area contributed by atoms with Crippen molar-refractivity contribution in [1.82, 2.24) is 4.90 Å². The molecular weight excluding hydrogens is 272 g/mol. The summed E-state index contributed by atoms with van der Waals surface area (Å²) >= 11 is 0. The summed E-state index contributed by atoms with van der Waals surface area (Å²) in [5, 5.41) is 11.1. The first-order valence-corrected chi connectivity index (χ1v) is 7.29. The molecule has 2 fully saturated rings. The van der Waals surface area contributed by atoms with Crippen LogP contribution < -0.4 is 11.3 Å². The maximum atomic E-state index is 11.1. The van der Waals surface area contributed by atoms with Gasteiger partial charge in [0, 0.05) is 25.2 Å². The first kappa shape index (κ1) is 14.2. The lowest BCUT2D eigenvalue weighted by atomic mass is 10.1. The van der Waals surface area contributed by atoms with Gasteiger partial charge in [0.15, 0.2) is 0 Å². The minimum absolute atomic E-state index is 0.0197. The summed E-state index contributed by atoms with van der Waals surface area (Å²) in [4.78, 5) is 13.0. The Balaban J connectivity index is 1.84. The number of nitro groups is 1. The summed E-state index contributed by atoms with van der Waals surface area (Å²) in [7, 11) is 0. The maximum Gasteiger partial charge on any atom is 0.293 e. The summed E-state index contributed by atoms with van der Waals surface area (Å²) in [5.41, 5.74) is 3.78. The van der Waals surface area contributed by atoms with Gasteiger partial charge in [0.25, 0.3) is 5.69 Å². The van der Waals surface area contributed by atoms with Crippen LogP contribution in [0.3, 0.4) is 0 Å². The fourth-order valence-corrected chi connectivity index (χ4v) is 3.46. The van der Waals surface area contributed by atoms with Gasteiger partial charge in [-0.1, -0.05) is 12.1 Å².